The third kappa shape index (κ3) is 7.28. The maximum absolute atomic E-state index is 13.4. The summed E-state index contributed by atoms with van der Waals surface area (Å²) in [6, 6.07) is 17.6. The lowest BCUT2D eigenvalue weighted by atomic mass is 9.77. The third-order valence-corrected chi connectivity index (χ3v) is 8.30. The number of amides is 2. The summed E-state index contributed by atoms with van der Waals surface area (Å²) in [4.78, 5) is 34.7. The average Bonchev–Trinajstić information content (AvgIpc) is 3.29. The lowest BCUT2D eigenvalue weighted by molar-refractivity contribution is -0.137. The Hall–Kier alpha value is -3.49. The predicted octanol–water partition coefficient (Wildman–Crippen LogP) is 5.32. The van der Waals surface area contributed by atoms with Crippen molar-refractivity contribution in [3.63, 3.8) is 0 Å². The number of piperidine rings is 1. The summed E-state index contributed by atoms with van der Waals surface area (Å²) in [5, 5.41) is 3.02. The number of likely N-dealkylation sites (tertiary alicyclic amines) is 1. The number of aryl methyl sites for hydroxylation is 1. The molecule has 2 amide bonds. The minimum absolute atomic E-state index is 0. The number of methoxy groups -OCH3 is 2. The van der Waals surface area contributed by atoms with E-state index in [0.717, 1.165) is 57.3 Å². The Morgan fingerprint density at radius 1 is 0.952 bits per heavy atom. The summed E-state index contributed by atoms with van der Waals surface area (Å²) >= 11 is 0. The molecule has 2 aliphatic rings. The molecule has 0 unspecified atom stereocenters. The summed E-state index contributed by atoms with van der Waals surface area (Å²) in [5.74, 6) is 1.30. The summed E-state index contributed by atoms with van der Waals surface area (Å²) in [7, 11) is 3.13. The Morgan fingerprint density at radius 3 is 2.40 bits per heavy atom. The smallest absolute Gasteiger partial charge is 0.251 e. The first kappa shape index (κ1) is 33.0. The molecule has 42 heavy (non-hydrogen) atoms. The quantitative estimate of drug-likeness (QED) is 0.311. The van der Waals surface area contributed by atoms with Crippen molar-refractivity contribution in [1.29, 1.82) is 0 Å². The first-order valence-corrected chi connectivity index (χ1v) is 14.0. The molecule has 0 saturated carbocycles. The van der Waals surface area contributed by atoms with Gasteiger partial charge in [0.2, 0.25) is 5.91 Å². The third-order valence-electron chi connectivity index (χ3n) is 8.30. The van der Waals surface area contributed by atoms with Crippen LogP contribution in [0.25, 0.3) is 0 Å². The Labute approximate surface area is 260 Å². The molecular formula is C32H40Cl2N4O4. The van der Waals surface area contributed by atoms with Crippen LogP contribution in [0.3, 0.4) is 0 Å². The molecule has 2 fully saturated rings. The van der Waals surface area contributed by atoms with Crippen molar-refractivity contribution in [3.8, 4) is 11.5 Å². The topological polar surface area (TPSA) is 84.0 Å². The predicted molar refractivity (Wildman–Crippen MR) is 169 cm³/mol. The summed E-state index contributed by atoms with van der Waals surface area (Å²) in [6.45, 7) is 3.79. The molecular weight excluding hydrogens is 575 g/mol. The van der Waals surface area contributed by atoms with Crippen molar-refractivity contribution >= 4 is 42.3 Å². The van der Waals surface area contributed by atoms with Crippen molar-refractivity contribution in [2.24, 2.45) is 5.41 Å². The molecule has 3 aromatic rings. The number of hydrogen-bond acceptors (Lipinski definition) is 6. The van der Waals surface area contributed by atoms with Crippen LogP contribution in [0.4, 0.5) is 5.69 Å². The van der Waals surface area contributed by atoms with Crippen LogP contribution in [-0.2, 0) is 17.8 Å². The zero-order chi connectivity index (χ0) is 28.0. The van der Waals surface area contributed by atoms with Crippen LogP contribution >= 0.6 is 24.8 Å². The second-order valence-corrected chi connectivity index (χ2v) is 10.7. The second kappa shape index (κ2) is 15.1. The first-order chi connectivity index (χ1) is 19.5. The number of pyridine rings is 1. The van der Waals surface area contributed by atoms with Crippen molar-refractivity contribution in [2.45, 2.75) is 38.6 Å². The molecule has 1 spiro atoms. The molecule has 0 bridgehead atoms. The molecule has 1 N–H and O–H groups in total. The fraction of sp³-hybridized carbons (Fsp3) is 0.406. The van der Waals surface area contributed by atoms with Gasteiger partial charge in [-0.2, -0.15) is 0 Å². The average molecular weight is 616 g/mol. The standard InChI is InChI=1S/C32H38N4O4.2ClH/c1-39-28-12-11-26(21-29(28)40-2)30(37)34-17-6-9-25-8-3-4-10-27(25)35-18-13-32(14-19-35)15-20-36(31(32)38)23-24-7-5-16-33-22-24;;/h3-5,7-8,10-12,16,21-22H,6,9,13-15,17-20,23H2,1-2H3,(H,34,37);2*1H. The highest BCUT2D eigenvalue weighted by atomic mass is 35.5. The van der Waals surface area contributed by atoms with Crippen LogP contribution in [0, 0.1) is 5.41 Å². The van der Waals surface area contributed by atoms with E-state index in [1.165, 1.54) is 11.3 Å². The largest absolute Gasteiger partial charge is 0.493 e. The van der Waals surface area contributed by atoms with Gasteiger partial charge in [-0.25, -0.2) is 0 Å². The molecule has 0 radical (unpaired) electrons. The minimum Gasteiger partial charge on any atom is -0.493 e. The molecule has 1 aromatic heterocycles. The number of anilines is 1. The number of benzene rings is 2. The van der Waals surface area contributed by atoms with Gasteiger partial charge in [-0.05, 0) is 73.6 Å². The van der Waals surface area contributed by atoms with Crippen LogP contribution in [0.2, 0.25) is 0 Å². The highest BCUT2D eigenvalue weighted by Crippen LogP contribution is 2.43. The number of para-hydroxylation sites is 1. The van der Waals surface area contributed by atoms with Gasteiger partial charge in [-0.15, -0.1) is 24.8 Å². The van der Waals surface area contributed by atoms with Gasteiger partial charge in [0.1, 0.15) is 0 Å². The number of nitrogens with one attached hydrogen (secondary N) is 1. The van der Waals surface area contributed by atoms with Crippen LogP contribution in [0.15, 0.2) is 67.0 Å². The Balaban J connectivity index is 0.00000242. The number of halogens is 2. The molecule has 2 aliphatic heterocycles. The number of aromatic nitrogens is 1. The van der Waals surface area contributed by atoms with E-state index in [9.17, 15) is 9.59 Å². The van der Waals surface area contributed by atoms with Gasteiger partial charge < -0.3 is 24.6 Å². The SMILES string of the molecule is COc1ccc(C(=O)NCCCc2ccccc2N2CCC3(CCN(Cc4cccnc4)C3=O)CC2)cc1OC.Cl.Cl. The number of ether oxygens (including phenoxy) is 2. The Bertz CT molecular complexity index is 1330. The maximum atomic E-state index is 13.4. The lowest BCUT2D eigenvalue weighted by Gasteiger charge is -2.40. The zero-order valence-electron chi connectivity index (χ0n) is 24.2. The van der Waals surface area contributed by atoms with E-state index >= 15 is 0 Å². The van der Waals surface area contributed by atoms with E-state index in [4.69, 9.17) is 9.47 Å². The van der Waals surface area contributed by atoms with Crippen LogP contribution < -0.4 is 19.7 Å². The number of carbonyl (C=O) groups is 2. The fourth-order valence-electron chi connectivity index (χ4n) is 5.99. The zero-order valence-corrected chi connectivity index (χ0v) is 25.8. The van der Waals surface area contributed by atoms with Crippen LogP contribution in [0.1, 0.15) is 47.2 Å². The van der Waals surface area contributed by atoms with Gasteiger partial charge in [0.05, 0.1) is 19.6 Å². The van der Waals surface area contributed by atoms with E-state index in [1.807, 2.05) is 23.2 Å². The number of hydrogen-bond donors (Lipinski definition) is 1. The van der Waals surface area contributed by atoms with Crippen LogP contribution in [0.5, 0.6) is 11.5 Å². The molecule has 226 valence electrons. The van der Waals surface area contributed by atoms with Gasteiger partial charge in [-0.3, -0.25) is 14.6 Å². The number of nitrogens with zero attached hydrogens (tertiary/aromatic N) is 3. The van der Waals surface area contributed by atoms with Gasteiger partial charge in [0, 0.05) is 56.4 Å². The first-order valence-electron chi connectivity index (χ1n) is 14.0. The molecule has 2 aromatic carbocycles. The van der Waals surface area contributed by atoms with Crippen molar-refractivity contribution < 1.29 is 19.1 Å². The molecule has 5 rings (SSSR count). The van der Waals surface area contributed by atoms with Gasteiger partial charge in [0.25, 0.3) is 5.91 Å². The highest BCUT2D eigenvalue weighted by molar-refractivity contribution is 5.94. The maximum Gasteiger partial charge on any atom is 0.251 e. The fourth-order valence-corrected chi connectivity index (χ4v) is 5.99. The molecule has 3 heterocycles. The molecule has 10 heteroatoms. The normalized spacial score (nSPS) is 15.5. The van der Waals surface area contributed by atoms with Gasteiger partial charge in [-0.1, -0.05) is 24.3 Å². The molecule has 2 saturated heterocycles. The van der Waals surface area contributed by atoms with Crippen molar-refractivity contribution in [3.05, 3.63) is 83.7 Å². The highest BCUT2D eigenvalue weighted by Gasteiger charge is 2.48. The van der Waals surface area contributed by atoms with E-state index in [0.29, 0.717) is 36.1 Å². The minimum atomic E-state index is -0.234. The van der Waals surface area contributed by atoms with Crippen molar-refractivity contribution in [2.75, 3.05) is 45.3 Å². The lowest BCUT2D eigenvalue weighted by Crippen LogP contribution is -2.44. The monoisotopic (exact) mass is 614 g/mol. The van der Waals surface area contributed by atoms with E-state index in [2.05, 4.69) is 39.5 Å². The molecule has 0 atom stereocenters. The van der Waals surface area contributed by atoms with E-state index in [1.54, 1.807) is 38.6 Å². The molecule has 0 aliphatic carbocycles. The van der Waals surface area contributed by atoms with Gasteiger partial charge in [0.15, 0.2) is 11.5 Å². The van der Waals surface area contributed by atoms with E-state index < -0.39 is 0 Å². The Kier molecular flexibility index (Phi) is 11.9. The van der Waals surface area contributed by atoms with Gasteiger partial charge >= 0.3 is 0 Å². The van der Waals surface area contributed by atoms with E-state index in [-0.39, 0.29) is 36.1 Å². The number of carbonyl (C=O) groups excluding carboxylic acids is 2. The summed E-state index contributed by atoms with van der Waals surface area (Å²) in [6.07, 6.45) is 8.00. The summed E-state index contributed by atoms with van der Waals surface area (Å²) in [5.41, 5.74) is 3.90. The molecule has 8 nitrogen and oxygen atoms in total. The van der Waals surface area contributed by atoms with Crippen LogP contribution in [-0.4, -0.2) is 62.1 Å². The number of rotatable bonds is 10. The van der Waals surface area contributed by atoms with Crippen molar-refractivity contribution in [1.82, 2.24) is 15.2 Å². The Morgan fingerprint density at radius 2 is 1.69 bits per heavy atom. The summed E-state index contributed by atoms with van der Waals surface area (Å²) < 4.78 is 10.6. The second-order valence-electron chi connectivity index (χ2n) is 10.7.